The minimum Gasteiger partial charge on any atom is -0.464 e. The summed E-state index contributed by atoms with van der Waals surface area (Å²) in [5, 5.41) is 4.05. The van der Waals surface area contributed by atoms with Gasteiger partial charge in [-0.2, -0.15) is 5.10 Å². The number of aromatic nitrogens is 2. The second-order valence-corrected chi connectivity index (χ2v) is 3.93. The molecule has 84 valence electrons. The summed E-state index contributed by atoms with van der Waals surface area (Å²) in [6.07, 6.45) is 0.726. The molecule has 1 heterocycles. The Morgan fingerprint density at radius 3 is 2.67 bits per heavy atom. The van der Waals surface area contributed by atoms with Crippen molar-refractivity contribution in [2.45, 2.75) is 20.3 Å². The number of anilines is 1. The lowest BCUT2D eigenvalue weighted by Gasteiger charge is -2.05. The van der Waals surface area contributed by atoms with Crippen LogP contribution >= 0.6 is 0 Å². The number of ether oxygens (including phenoxy) is 1. The van der Waals surface area contributed by atoms with Gasteiger partial charge in [0.1, 0.15) is 5.82 Å². The van der Waals surface area contributed by atoms with Crippen molar-refractivity contribution in [1.82, 2.24) is 9.78 Å². The molecule has 0 radical (unpaired) electrons. The molecule has 0 saturated carbocycles. The first kappa shape index (κ1) is 11.6. The van der Waals surface area contributed by atoms with Gasteiger partial charge in [0.15, 0.2) is 5.69 Å². The molecule has 0 unspecified atom stereocenters. The number of carbonyl (C=O) groups excluding carboxylic acids is 1. The van der Waals surface area contributed by atoms with E-state index in [-0.39, 0.29) is 0 Å². The molecule has 0 saturated heterocycles. The van der Waals surface area contributed by atoms with E-state index in [4.69, 9.17) is 5.73 Å². The van der Waals surface area contributed by atoms with Crippen LogP contribution in [0.4, 0.5) is 5.82 Å². The van der Waals surface area contributed by atoms with Gasteiger partial charge in [-0.25, -0.2) is 4.79 Å². The summed E-state index contributed by atoms with van der Waals surface area (Å²) in [6, 6.07) is 0. The Morgan fingerprint density at radius 1 is 1.60 bits per heavy atom. The van der Waals surface area contributed by atoms with Gasteiger partial charge in [-0.15, -0.1) is 0 Å². The van der Waals surface area contributed by atoms with Gasteiger partial charge in [-0.1, -0.05) is 13.8 Å². The Bertz CT molecular complexity index is 369. The number of hydrogen-bond donors (Lipinski definition) is 1. The predicted octanol–water partition coefficient (Wildman–Crippen LogP) is 0.987. The maximum Gasteiger partial charge on any atom is 0.358 e. The van der Waals surface area contributed by atoms with Crippen molar-refractivity contribution in [3.05, 3.63) is 11.3 Å². The first-order valence-corrected chi connectivity index (χ1v) is 4.87. The summed E-state index contributed by atoms with van der Waals surface area (Å²) in [5.41, 5.74) is 6.94. The molecule has 0 spiro atoms. The Morgan fingerprint density at radius 2 is 2.20 bits per heavy atom. The first-order valence-electron chi connectivity index (χ1n) is 4.87. The van der Waals surface area contributed by atoms with Crippen LogP contribution in [-0.4, -0.2) is 22.9 Å². The van der Waals surface area contributed by atoms with E-state index >= 15 is 0 Å². The second-order valence-electron chi connectivity index (χ2n) is 3.93. The molecule has 1 aromatic heterocycles. The van der Waals surface area contributed by atoms with Gasteiger partial charge in [0.25, 0.3) is 0 Å². The van der Waals surface area contributed by atoms with Crippen molar-refractivity contribution in [3.8, 4) is 0 Å². The Balaban J connectivity index is 3.14. The van der Waals surface area contributed by atoms with Crippen LogP contribution < -0.4 is 5.73 Å². The topological polar surface area (TPSA) is 70.1 Å². The van der Waals surface area contributed by atoms with Crippen LogP contribution in [0.3, 0.4) is 0 Å². The van der Waals surface area contributed by atoms with Crippen LogP contribution in [-0.2, 0) is 18.2 Å². The van der Waals surface area contributed by atoms with Crippen LogP contribution in [0.2, 0.25) is 0 Å². The third kappa shape index (κ3) is 2.29. The number of nitrogen functional groups attached to an aromatic ring is 1. The van der Waals surface area contributed by atoms with Crippen LogP contribution in [0.15, 0.2) is 0 Å². The molecule has 0 aliphatic heterocycles. The van der Waals surface area contributed by atoms with E-state index in [1.807, 2.05) is 0 Å². The molecule has 0 fully saturated rings. The van der Waals surface area contributed by atoms with Gasteiger partial charge in [0.2, 0.25) is 0 Å². The van der Waals surface area contributed by atoms with Crippen LogP contribution in [0, 0.1) is 5.92 Å². The molecule has 0 aliphatic carbocycles. The lowest BCUT2D eigenvalue weighted by molar-refractivity contribution is 0.0592. The van der Waals surface area contributed by atoms with Gasteiger partial charge in [-0.3, -0.25) is 4.68 Å². The van der Waals surface area contributed by atoms with Crippen LogP contribution in [0.25, 0.3) is 0 Å². The molecule has 0 bridgehead atoms. The summed E-state index contributed by atoms with van der Waals surface area (Å²) < 4.78 is 6.16. The van der Waals surface area contributed by atoms with E-state index < -0.39 is 5.97 Å². The molecule has 0 aromatic carbocycles. The molecular weight excluding hydrogens is 194 g/mol. The maximum atomic E-state index is 11.4. The highest BCUT2D eigenvalue weighted by Crippen LogP contribution is 2.20. The quantitative estimate of drug-likeness (QED) is 0.757. The number of hydrogen-bond acceptors (Lipinski definition) is 4. The fourth-order valence-electron chi connectivity index (χ4n) is 1.45. The maximum absolute atomic E-state index is 11.4. The smallest absolute Gasteiger partial charge is 0.358 e. The van der Waals surface area contributed by atoms with Crippen LogP contribution in [0.1, 0.15) is 29.9 Å². The van der Waals surface area contributed by atoms with Crippen molar-refractivity contribution >= 4 is 11.8 Å². The van der Waals surface area contributed by atoms with Gasteiger partial charge in [0.05, 0.1) is 7.11 Å². The molecule has 15 heavy (non-hydrogen) atoms. The van der Waals surface area contributed by atoms with Gasteiger partial charge in [0, 0.05) is 12.6 Å². The Kier molecular flexibility index (Phi) is 3.34. The molecule has 0 amide bonds. The number of nitrogens with two attached hydrogens (primary N) is 1. The second kappa shape index (κ2) is 4.33. The summed E-state index contributed by atoms with van der Waals surface area (Å²) in [6.45, 7) is 4.13. The molecule has 0 aliphatic rings. The zero-order chi connectivity index (χ0) is 11.6. The van der Waals surface area contributed by atoms with E-state index in [1.165, 1.54) is 11.8 Å². The number of methoxy groups -OCH3 is 1. The third-order valence-corrected chi connectivity index (χ3v) is 2.18. The normalized spacial score (nSPS) is 10.7. The van der Waals surface area contributed by atoms with E-state index in [2.05, 4.69) is 23.7 Å². The van der Waals surface area contributed by atoms with Crippen molar-refractivity contribution < 1.29 is 9.53 Å². The van der Waals surface area contributed by atoms with Gasteiger partial charge in [-0.05, 0) is 12.3 Å². The van der Waals surface area contributed by atoms with Crippen molar-refractivity contribution in [3.63, 3.8) is 0 Å². The standard InChI is InChI=1S/C10H17N3O2/c1-6(2)5-7-8(10(14)15-4)12-13(3)9(7)11/h6H,5,11H2,1-4H3. The van der Waals surface area contributed by atoms with Gasteiger partial charge < -0.3 is 10.5 Å². The number of rotatable bonds is 3. The van der Waals surface area contributed by atoms with Crippen molar-refractivity contribution in [1.29, 1.82) is 0 Å². The van der Waals surface area contributed by atoms with E-state index in [1.54, 1.807) is 7.05 Å². The molecule has 1 rings (SSSR count). The van der Waals surface area contributed by atoms with Crippen LogP contribution in [0.5, 0.6) is 0 Å². The van der Waals surface area contributed by atoms with E-state index in [0.717, 1.165) is 12.0 Å². The lowest BCUT2D eigenvalue weighted by atomic mass is 10.0. The zero-order valence-corrected chi connectivity index (χ0v) is 9.57. The Hall–Kier alpha value is -1.52. The highest BCUT2D eigenvalue weighted by Gasteiger charge is 2.21. The number of aryl methyl sites for hydroxylation is 1. The zero-order valence-electron chi connectivity index (χ0n) is 9.57. The highest BCUT2D eigenvalue weighted by molar-refractivity contribution is 5.90. The summed E-state index contributed by atoms with van der Waals surface area (Å²) >= 11 is 0. The number of nitrogens with zero attached hydrogens (tertiary/aromatic N) is 2. The largest absolute Gasteiger partial charge is 0.464 e. The molecular formula is C10H17N3O2. The molecule has 2 N–H and O–H groups in total. The number of carbonyl (C=O) groups is 1. The molecule has 0 atom stereocenters. The SMILES string of the molecule is COC(=O)c1nn(C)c(N)c1CC(C)C. The monoisotopic (exact) mass is 211 g/mol. The molecule has 1 aromatic rings. The van der Waals surface area contributed by atoms with Gasteiger partial charge >= 0.3 is 5.97 Å². The minimum atomic E-state index is -0.432. The molecule has 5 nitrogen and oxygen atoms in total. The molecule has 5 heteroatoms. The first-order chi connectivity index (χ1) is 6.97. The van der Waals surface area contributed by atoms with Crippen molar-refractivity contribution in [2.75, 3.05) is 12.8 Å². The van der Waals surface area contributed by atoms with E-state index in [0.29, 0.717) is 17.4 Å². The fraction of sp³-hybridized carbons (Fsp3) is 0.600. The fourth-order valence-corrected chi connectivity index (χ4v) is 1.45. The van der Waals surface area contributed by atoms with E-state index in [9.17, 15) is 4.79 Å². The summed E-state index contributed by atoms with van der Waals surface area (Å²) in [4.78, 5) is 11.4. The lowest BCUT2D eigenvalue weighted by Crippen LogP contribution is -2.08. The average Bonchev–Trinajstić information content (AvgIpc) is 2.44. The third-order valence-electron chi connectivity index (χ3n) is 2.18. The predicted molar refractivity (Wildman–Crippen MR) is 57.5 cm³/mol. The summed E-state index contributed by atoms with van der Waals surface area (Å²) in [7, 11) is 3.05. The number of esters is 1. The minimum absolute atomic E-state index is 0.325. The average molecular weight is 211 g/mol. The summed E-state index contributed by atoms with van der Waals surface area (Å²) in [5.74, 6) is 0.516. The Labute approximate surface area is 89.2 Å². The highest BCUT2D eigenvalue weighted by atomic mass is 16.5. The van der Waals surface area contributed by atoms with Crippen molar-refractivity contribution in [2.24, 2.45) is 13.0 Å².